The maximum Gasteiger partial charge on any atom is 0.222 e. The fourth-order valence-corrected chi connectivity index (χ4v) is 4.19. The Morgan fingerprint density at radius 2 is 1.95 bits per heavy atom. The van der Waals surface area contributed by atoms with Gasteiger partial charge in [0.2, 0.25) is 5.91 Å². The SMILES string of the molecule is CN(C(=O)CCc1ccc(Cl)cc1Cl)C1CC2CCC(C1)N2. The van der Waals surface area contributed by atoms with E-state index in [1.807, 2.05) is 24.1 Å². The molecule has 3 nitrogen and oxygen atoms in total. The molecule has 3 rings (SSSR count). The number of amides is 1. The molecule has 120 valence electrons. The second-order valence-corrected chi connectivity index (χ2v) is 7.35. The average molecular weight is 341 g/mol. The minimum absolute atomic E-state index is 0.206. The number of carbonyl (C=O) groups excluding carboxylic acids is 1. The van der Waals surface area contributed by atoms with Gasteiger partial charge in [-0.3, -0.25) is 4.79 Å². The molecule has 2 aliphatic heterocycles. The van der Waals surface area contributed by atoms with Crippen molar-refractivity contribution in [2.24, 2.45) is 0 Å². The van der Waals surface area contributed by atoms with Crippen molar-refractivity contribution in [1.29, 1.82) is 0 Å². The van der Waals surface area contributed by atoms with Crippen molar-refractivity contribution in [1.82, 2.24) is 10.2 Å². The molecule has 0 aromatic heterocycles. The van der Waals surface area contributed by atoms with E-state index in [9.17, 15) is 4.79 Å². The molecular weight excluding hydrogens is 319 g/mol. The molecule has 2 unspecified atom stereocenters. The molecule has 2 saturated heterocycles. The van der Waals surface area contributed by atoms with Gasteiger partial charge in [-0.05, 0) is 49.8 Å². The topological polar surface area (TPSA) is 32.3 Å². The van der Waals surface area contributed by atoms with Crippen LogP contribution in [-0.2, 0) is 11.2 Å². The number of fused-ring (bicyclic) bond motifs is 2. The lowest BCUT2D eigenvalue weighted by Gasteiger charge is -2.35. The van der Waals surface area contributed by atoms with E-state index in [4.69, 9.17) is 23.2 Å². The largest absolute Gasteiger partial charge is 0.343 e. The van der Waals surface area contributed by atoms with Crippen LogP contribution in [0.25, 0.3) is 0 Å². The van der Waals surface area contributed by atoms with Gasteiger partial charge >= 0.3 is 0 Å². The number of halogens is 2. The second kappa shape index (κ2) is 6.77. The zero-order valence-electron chi connectivity index (χ0n) is 12.8. The van der Waals surface area contributed by atoms with E-state index >= 15 is 0 Å². The monoisotopic (exact) mass is 340 g/mol. The van der Waals surface area contributed by atoms with Gasteiger partial charge in [0.1, 0.15) is 0 Å². The van der Waals surface area contributed by atoms with Crippen molar-refractivity contribution in [3.63, 3.8) is 0 Å². The Morgan fingerprint density at radius 1 is 1.27 bits per heavy atom. The Labute approximate surface area is 142 Å². The fraction of sp³-hybridized carbons (Fsp3) is 0.588. The zero-order chi connectivity index (χ0) is 15.7. The van der Waals surface area contributed by atoms with Crippen molar-refractivity contribution in [3.05, 3.63) is 33.8 Å². The van der Waals surface area contributed by atoms with Crippen LogP contribution >= 0.6 is 23.2 Å². The van der Waals surface area contributed by atoms with Crippen LogP contribution in [0.1, 0.15) is 37.7 Å². The molecule has 0 spiro atoms. The predicted octanol–water partition coefficient (Wildman–Crippen LogP) is 3.67. The standard InChI is InChI=1S/C17H22Cl2N2O/c1-21(15-9-13-5-6-14(10-15)20-13)17(22)7-3-11-2-4-12(18)8-16(11)19/h2,4,8,13-15,20H,3,5-7,9-10H2,1H3. The molecule has 2 atom stereocenters. The van der Waals surface area contributed by atoms with E-state index in [1.54, 1.807) is 6.07 Å². The summed E-state index contributed by atoms with van der Waals surface area (Å²) < 4.78 is 0. The summed E-state index contributed by atoms with van der Waals surface area (Å²) in [5.41, 5.74) is 0.984. The Hall–Kier alpha value is -0.770. The summed E-state index contributed by atoms with van der Waals surface area (Å²) in [6, 6.07) is 7.04. The number of rotatable bonds is 4. The van der Waals surface area contributed by atoms with Gasteiger partial charge in [0.25, 0.3) is 0 Å². The summed E-state index contributed by atoms with van der Waals surface area (Å²) in [6.07, 6.45) is 5.84. The number of aryl methyl sites for hydroxylation is 1. The first-order valence-electron chi connectivity index (χ1n) is 7.98. The molecule has 2 bridgehead atoms. The lowest BCUT2D eigenvalue weighted by molar-refractivity contribution is -0.132. The summed E-state index contributed by atoms with van der Waals surface area (Å²) in [7, 11) is 1.95. The van der Waals surface area contributed by atoms with Gasteiger partial charge in [-0.1, -0.05) is 29.3 Å². The zero-order valence-corrected chi connectivity index (χ0v) is 14.3. The molecule has 2 heterocycles. The van der Waals surface area contributed by atoms with Gasteiger partial charge in [-0.15, -0.1) is 0 Å². The Balaban J connectivity index is 1.55. The van der Waals surface area contributed by atoms with Crippen molar-refractivity contribution < 1.29 is 4.79 Å². The van der Waals surface area contributed by atoms with E-state index < -0.39 is 0 Å². The Kier molecular flexibility index (Phi) is 4.96. The van der Waals surface area contributed by atoms with Gasteiger partial charge in [0.15, 0.2) is 0 Å². The molecule has 1 aromatic rings. The van der Waals surface area contributed by atoms with Crippen molar-refractivity contribution in [2.75, 3.05) is 7.05 Å². The molecule has 5 heteroatoms. The molecule has 2 aliphatic rings. The van der Waals surface area contributed by atoms with E-state index in [0.717, 1.165) is 18.4 Å². The lowest BCUT2D eigenvalue weighted by atomic mass is 9.98. The predicted molar refractivity (Wildman–Crippen MR) is 90.5 cm³/mol. The normalized spacial score (nSPS) is 27.0. The highest BCUT2D eigenvalue weighted by atomic mass is 35.5. The van der Waals surface area contributed by atoms with Gasteiger partial charge < -0.3 is 10.2 Å². The smallest absolute Gasteiger partial charge is 0.222 e. The molecule has 0 saturated carbocycles. The number of nitrogens with zero attached hydrogens (tertiary/aromatic N) is 1. The van der Waals surface area contributed by atoms with Gasteiger partial charge in [0, 0.05) is 41.6 Å². The first-order valence-corrected chi connectivity index (χ1v) is 8.74. The van der Waals surface area contributed by atoms with Crippen LogP contribution < -0.4 is 5.32 Å². The first kappa shape index (κ1) is 16.1. The Bertz CT molecular complexity index is 552. The summed E-state index contributed by atoms with van der Waals surface area (Å²) in [5.74, 6) is 0.206. The third-order valence-electron chi connectivity index (χ3n) is 5.01. The molecule has 1 amide bonds. The van der Waals surface area contributed by atoms with Gasteiger partial charge in [0.05, 0.1) is 0 Å². The highest BCUT2D eigenvalue weighted by Gasteiger charge is 2.36. The van der Waals surface area contributed by atoms with E-state index in [0.29, 0.717) is 41.0 Å². The Morgan fingerprint density at radius 3 is 2.59 bits per heavy atom. The van der Waals surface area contributed by atoms with Crippen molar-refractivity contribution in [3.8, 4) is 0 Å². The minimum atomic E-state index is 0.206. The van der Waals surface area contributed by atoms with Crippen LogP contribution in [0.4, 0.5) is 0 Å². The van der Waals surface area contributed by atoms with Crippen LogP contribution in [0.15, 0.2) is 18.2 Å². The molecule has 22 heavy (non-hydrogen) atoms. The minimum Gasteiger partial charge on any atom is -0.343 e. The third-order valence-corrected chi connectivity index (χ3v) is 5.60. The molecule has 2 fully saturated rings. The van der Waals surface area contributed by atoms with E-state index in [-0.39, 0.29) is 5.91 Å². The number of carbonyl (C=O) groups is 1. The molecule has 0 aliphatic carbocycles. The highest BCUT2D eigenvalue weighted by Crippen LogP contribution is 2.29. The van der Waals surface area contributed by atoms with Crippen LogP contribution in [0.5, 0.6) is 0 Å². The molecule has 1 N–H and O–H groups in total. The summed E-state index contributed by atoms with van der Waals surface area (Å²) in [6.45, 7) is 0. The number of hydrogen-bond donors (Lipinski definition) is 1. The first-order chi connectivity index (χ1) is 10.5. The van der Waals surface area contributed by atoms with Gasteiger partial charge in [-0.2, -0.15) is 0 Å². The van der Waals surface area contributed by atoms with Crippen LogP contribution in [0.2, 0.25) is 10.0 Å². The van der Waals surface area contributed by atoms with Gasteiger partial charge in [-0.25, -0.2) is 0 Å². The second-order valence-electron chi connectivity index (χ2n) is 6.50. The quantitative estimate of drug-likeness (QED) is 0.906. The van der Waals surface area contributed by atoms with Crippen molar-refractivity contribution >= 4 is 29.1 Å². The van der Waals surface area contributed by atoms with Crippen LogP contribution in [0.3, 0.4) is 0 Å². The molecular formula is C17H22Cl2N2O. The maximum atomic E-state index is 12.5. The number of hydrogen-bond acceptors (Lipinski definition) is 2. The summed E-state index contributed by atoms with van der Waals surface area (Å²) in [4.78, 5) is 14.4. The number of nitrogens with one attached hydrogen (secondary N) is 1. The summed E-state index contributed by atoms with van der Waals surface area (Å²) in [5, 5.41) is 4.89. The summed E-state index contributed by atoms with van der Waals surface area (Å²) >= 11 is 12.1. The van der Waals surface area contributed by atoms with E-state index in [1.165, 1.54) is 12.8 Å². The maximum absolute atomic E-state index is 12.5. The van der Waals surface area contributed by atoms with E-state index in [2.05, 4.69) is 5.32 Å². The number of benzene rings is 1. The number of piperidine rings is 1. The van der Waals surface area contributed by atoms with Crippen LogP contribution in [0, 0.1) is 0 Å². The average Bonchev–Trinajstić information content (AvgIpc) is 2.83. The fourth-order valence-electron chi connectivity index (χ4n) is 3.69. The van der Waals surface area contributed by atoms with Crippen LogP contribution in [-0.4, -0.2) is 36.0 Å². The molecule has 0 radical (unpaired) electrons. The highest BCUT2D eigenvalue weighted by molar-refractivity contribution is 6.35. The third kappa shape index (κ3) is 3.58. The van der Waals surface area contributed by atoms with Crippen molar-refractivity contribution in [2.45, 2.75) is 56.7 Å². The lowest BCUT2D eigenvalue weighted by Crippen LogP contribution is -2.48. The molecule has 1 aromatic carbocycles.